The molecular weight excluding hydrogens is 797 g/mol. The third kappa shape index (κ3) is 10.1. The average molecular weight is 851 g/mol. The SMILES string of the molecule is C=C(COc1ccc(CNc2cc(N3CCCCC3CCO)nc3c(CC)cnn23)cn1)C(=O)c1ccc(Oc2ccc(C(=N)c3c(N)ncnc3NC3CCCNC3)cc2)cc1. The van der Waals surface area contributed by atoms with E-state index in [2.05, 4.69) is 54.4 Å². The molecule has 16 nitrogen and oxygen atoms in total. The molecule has 0 aliphatic carbocycles. The van der Waals surface area contributed by atoms with Crippen molar-refractivity contribution in [3.63, 3.8) is 0 Å². The van der Waals surface area contributed by atoms with Gasteiger partial charge < -0.3 is 41.2 Å². The molecular formula is C47H54N12O4. The molecule has 0 bridgehead atoms. The Morgan fingerprint density at radius 3 is 2.51 bits per heavy atom. The second kappa shape index (κ2) is 19.9. The van der Waals surface area contributed by atoms with Crippen LogP contribution in [0.5, 0.6) is 17.4 Å². The topological polar surface area (TPSA) is 214 Å². The molecule has 16 heteroatoms. The predicted molar refractivity (Wildman–Crippen MR) is 244 cm³/mol. The Morgan fingerprint density at radius 2 is 1.79 bits per heavy atom. The van der Waals surface area contributed by atoms with Gasteiger partial charge in [-0.25, -0.2) is 19.9 Å². The molecule has 0 spiro atoms. The van der Waals surface area contributed by atoms with Gasteiger partial charge >= 0.3 is 0 Å². The van der Waals surface area contributed by atoms with Crippen molar-refractivity contribution < 1.29 is 19.4 Å². The minimum Gasteiger partial charge on any atom is -0.473 e. The number of anilines is 4. The largest absolute Gasteiger partial charge is 0.473 e. The van der Waals surface area contributed by atoms with E-state index < -0.39 is 0 Å². The highest BCUT2D eigenvalue weighted by atomic mass is 16.5. The monoisotopic (exact) mass is 850 g/mol. The van der Waals surface area contributed by atoms with Crippen molar-refractivity contribution in [1.29, 1.82) is 5.41 Å². The summed E-state index contributed by atoms with van der Waals surface area (Å²) in [6, 6.07) is 20.1. The molecule has 326 valence electrons. The van der Waals surface area contributed by atoms with Gasteiger partial charge in [-0.05, 0) is 106 Å². The second-order valence-corrected chi connectivity index (χ2v) is 15.9. The van der Waals surface area contributed by atoms with E-state index in [4.69, 9.17) is 25.6 Å². The molecule has 6 heterocycles. The number of hydrogen-bond donors (Lipinski definition) is 6. The first kappa shape index (κ1) is 42.8. The number of pyridine rings is 1. The maximum atomic E-state index is 13.3. The number of ketones is 1. The number of carbonyl (C=O) groups excluding carboxylic acids is 1. The van der Waals surface area contributed by atoms with Crippen LogP contribution in [0, 0.1) is 5.41 Å². The average Bonchev–Trinajstić information content (AvgIpc) is 3.74. The van der Waals surface area contributed by atoms with Gasteiger partial charge in [0.25, 0.3) is 0 Å². The number of aromatic nitrogens is 6. The lowest BCUT2D eigenvalue weighted by Gasteiger charge is -2.36. The summed E-state index contributed by atoms with van der Waals surface area (Å²) in [6.45, 7) is 9.40. The number of ether oxygens (including phenoxy) is 2. The summed E-state index contributed by atoms with van der Waals surface area (Å²) >= 11 is 0. The van der Waals surface area contributed by atoms with Gasteiger partial charge in [0.05, 0.1) is 17.5 Å². The van der Waals surface area contributed by atoms with Gasteiger partial charge in [0.1, 0.15) is 47.7 Å². The van der Waals surface area contributed by atoms with Crippen molar-refractivity contribution in [3.8, 4) is 17.4 Å². The van der Waals surface area contributed by atoms with E-state index in [9.17, 15) is 9.90 Å². The van der Waals surface area contributed by atoms with E-state index in [1.54, 1.807) is 60.8 Å². The molecule has 2 unspecified atom stereocenters. The van der Waals surface area contributed by atoms with Crippen LogP contribution < -0.4 is 36.1 Å². The van der Waals surface area contributed by atoms with Gasteiger partial charge in [0, 0.05) is 78.9 Å². The Balaban J connectivity index is 0.832. The first-order valence-electron chi connectivity index (χ1n) is 21.6. The number of aryl methyl sites for hydroxylation is 1. The van der Waals surface area contributed by atoms with E-state index in [1.807, 2.05) is 22.8 Å². The number of fused-ring (bicyclic) bond motifs is 1. The van der Waals surface area contributed by atoms with E-state index >= 15 is 0 Å². The van der Waals surface area contributed by atoms with Crippen LogP contribution in [0.3, 0.4) is 0 Å². The van der Waals surface area contributed by atoms with Crippen molar-refractivity contribution in [2.75, 3.05) is 54.1 Å². The van der Waals surface area contributed by atoms with Crippen LogP contribution in [0.25, 0.3) is 5.65 Å². The van der Waals surface area contributed by atoms with Crippen LogP contribution in [0.15, 0.2) is 97.6 Å². The summed E-state index contributed by atoms with van der Waals surface area (Å²) in [5.41, 5.74) is 11.1. The smallest absolute Gasteiger partial charge is 0.213 e. The Labute approximate surface area is 366 Å². The summed E-state index contributed by atoms with van der Waals surface area (Å²) in [7, 11) is 0. The molecule has 0 saturated carbocycles. The van der Waals surface area contributed by atoms with Crippen molar-refractivity contribution in [2.24, 2.45) is 0 Å². The first-order valence-corrected chi connectivity index (χ1v) is 21.6. The van der Waals surface area contributed by atoms with Crippen LogP contribution in [0.4, 0.5) is 23.3 Å². The maximum absolute atomic E-state index is 13.3. The first-order chi connectivity index (χ1) is 30.8. The van der Waals surface area contributed by atoms with E-state index in [0.717, 1.165) is 86.6 Å². The zero-order valence-corrected chi connectivity index (χ0v) is 35.5. The van der Waals surface area contributed by atoms with Gasteiger partial charge in [0.2, 0.25) is 5.88 Å². The van der Waals surface area contributed by atoms with Crippen molar-refractivity contribution >= 4 is 40.4 Å². The molecule has 2 fully saturated rings. The summed E-state index contributed by atoms with van der Waals surface area (Å²) in [5.74, 6) is 3.73. The molecule has 2 aromatic carbocycles. The number of carbonyl (C=O) groups is 1. The molecule has 4 aromatic heterocycles. The number of aliphatic hydroxyl groups excluding tert-OH is 1. The van der Waals surface area contributed by atoms with Crippen LogP contribution in [0.1, 0.15) is 78.1 Å². The third-order valence-electron chi connectivity index (χ3n) is 11.5. The Hall–Kier alpha value is -6.91. The quantitative estimate of drug-likeness (QED) is 0.0306. The molecule has 7 N–H and O–H groups in total. The Morgan fingerprint density at radius 1 is 1.00 bits per heavy atom. The van der Waals surface area contributed by atoms with E-state index in [0.29, 0.717) is 52.9 Å². The van der Waals surface area contributed by atoms with Gasteiger partial charge in [-0.3, -0.25) is 10.2 Å². The lowest BCUT2D eigenvalue weighted by atomic mass is 9.99. The number of nitrogens with zero attached hydrogens (tertiary/aromatic N) is 7. The third-order valence-corrected chi connectivity index (χ3v) is 11.5. The van der Waals surface area contributed by atoms with Crippen LogP contribution >= 0.6 is 0 Å². The fraction of sp³-hybridized carbons (Fsp3) is 0.340. The molecule has 2 atom stereocenters. The number of Topliss-reactive ketones (excluding diaryl/α,β-unsaturated/α-hetero) is 1. The molecule has 2 aliphatic rings. The fourth-order valence-corrected chi connectivity index (χ4v) is 8.06. The van der Waals surface area contributed by atoms with Gasteiger partial charge in [-0.1, -0.05) is 19.6 Å². The van der Waals surface area contributed by atoms with Crippen LogP contribution in [0.2, 0.25) is 0 Å². The number of rotatable bonds is 18. The number of aliphatic hydroxyl groups is 1. The normalized spacial score (nSPS) is 16.4. The van der Waals surface area contributed by atoms with E-state index in [1.165, 1.54) is 6.33 Å². The lowest BCUT2D eigenvalue weighted by Crippen LogP contribution is -2.40. The van der Waals surface area contributed by atoms with Gasteiger partial charge in [0.15, 0.2) is 11.4 Å². The number of nitrogen functional groups attached to an aromatic ring is 1. The summed E-state index contributed by atoms with van der Waals surface area (Å²) < 4.78 is 13.8. The summed E-state index contributed by atoms with van der Waals surface area (Å²) in [6.07, 6.45) is 11.9. The summed E-state index contributed by atoms with van der Waals surface area (Å²) in [5, 5.41) is 33.6. The number of hydrogen-bond acceptors (Lipinski definition) is 15. The molecule has 2 saturated heterocycles. The zero-order chi connectivity index (χ0) is 43.7. The minimum atomic E-state index is -0.247. The van der Waals surface area contributed by atoms with Gasteiger partial charge in [-0.2, -0.15) is 9.61 Å². The molecule has 0 radical (unpaired) electrons. The van der Waals surface area contributed by atoms with Crippen molar-refractivity contribution in [3.05, 3.63) is 125 Å². The van der Waals surface area contributed by atoms with Crippen molar-refractivity contribution in [1.82, 2.24) is 34.9 Å². The van der Waals surface area contributed by atoms with Crippen LogP contribution in [-0.2, 0) is 13.0 Å². The molecule has 6 aromatic rings. The Bertz CT molecular complexity index is 2540. The number of nitrogens with one attached hydrogen (secondary N) is 4. The minimum absolute atomic E-state index is 0.0241. The molecule has 63 heavy (non-hydrogen) atoms. The van der Waals surface area contributed by atoms with Crippen LogP contribution in [-0.4, -0.2) is 91.1 Å². The molecule has 0 amide bonds. The fourth-order valence-electron chi connectivity index (χ4n) is 8.06. The molecule has 2 aliphatic heterocycles. The van der Waals surface area contributed by atoms with E-state index in [-0.39, 0.29) is 48.2 Å². The molecule has 8 rings (SSSR count). The highest BCUT2D eigenvalue weighted by molar-refractivity contribution is 6.16. The standard InChI is InChI=1S/C47H54N12O4/c1-3-32-26-55-59-39(23-40(57-47(32)59)58-21-5-4-8-36(58)19-22-60)51-24-31-9-18-41(52-25-31)62-28-30(2)44(61)34-12-16-38(17-13-34)63-37-14-10-33(11-15-37)43(48)42-45(49)53-29-54-46(42)56-35-7-6-20-50-27-35/h9-18,23,25-26,29,35-36,48,50-51,60H,2-8,19-22,24,27-28H2,1H3,(H3,49,53,54,56). The Kier molecular flexibility index (Phi) is 13.5. The zero-order valence-electron chi connectivity index (χ0n) is 35.5. The second-order valence-electron chi connectivity index (χ2n) is 15.9. The van der Waals surface area contributed by atoms with Crippen molar-refractivity contribution in [2.45, 2.75) is 70.5 Å². The predicted octanol–water partition coefficient (Wildman–Crippen LogP) is 6.60. The summed E-state index contributed by atoms with van der Waals surface area (Å²) in [4.78, 5) is 33.6. The lowest BCUT2D eigenvalue weighted by molar-refractivity contribution is 0.102. The highest BCUT2D eigenvalue weighted by Crippen LogP contribution is 2.30. The number of nitrogens with two attached hydrogens (primary N) is 1. The number of piperidine rings is 2. The maximum Gasteiger partial charge on any atom is 0.213 e. The highest BCUT2D eigenvalue weighted by Gasteiger charge is 2.25. The van der Waals surface area contributed by atoms with Gasteiger partial charge in [-0.15, -0.1) is 0 Å². The number of benzene rings is 2.